The molecule has 0 aliphatic heterocycles. The summed E-state index contributed by atoms with van der Waals surface area (Å²) in [7, 11) is 0. The van der Waals surface area contributed by atoms with Gasteiger partial charge in [-0.1, -0.05) is 58.0 Å². The van der Waals surface area contributed by atoms with Gasteiger partial charge in [-0.3, -0.25) is 4.68 Å². The van der Waals surface area contributed by atoms with E-state index >= 15 is 0 Å². The molecular formula is C20H31N3. The molecule has 1 atom stereocenters. The molecule has 0 aliphatic carbocycles. The van der Waals surface area contributed by atoms with E-state index in [9.17, 15) is 0 Å². The Bertz CT molecular complexity index is 586. The van der Waals surface area contributed by atoms with Crippen molar-refractivity contribution in [1.82, 2.24) is 15.1 Å². The number of aromatic nitrogens is 2. The van der Waals surface area contributed by atoms with E-state index in [1.165, 1.54) is 22.5 Å². The maximum atomic E-state index is 4.95. The molecule has 23 heavy (non-hydrogen) atoms. The number of hydrogen-bond acceptors (Lipinski definition) is 2. The van der Waals surface area contributed by atoms with Gasteiger partial charge in [-0.15, -0.1) is 0 Å². The molecule has 0 fully saturated rings. The van der Waals surface area contributed by atoms with Gasteiger partial charge < -0.3 is 5.32 Å². The minimum Gasteiger partial charge on any atom is -0.310 e. The standard InChI is InChI=1S/C20H31N3/c1-5-14-21-17(6-2)20-18(7-3)22-23(19(20)8-4)15-16-12-10-9-11-13-16/h9-13,17,21H,5-8,14-15H2,1-4H3. The molecule has 3 nitrogen and oxygen atoms in total. The third kappa shape index (κ3) is 4.23. The fourth-order valence-corrected chi connectivity index (χ4v) is 3.26. The van der Waals surface area contributed by atoms with Crippen LogP contribution in [0.5, 0.6) is 0 Å². The smallest absolute Gasteiger partial charge is 0.0672 e. The van der Waals surface area contributed by atoms with Gasteiger partial charge in [0.15, 0.2) is 0 Å². The minimum absolute atomic E-state index is 0.421. The molecule has 0 saturated heterocycles. The third-order valence-corrected chi connectivity index (χ3v) is 4.42. The second kappa shape index (κ2) is 8.88. The lowest BCUT2D eigenvalue weighted by atomic mass is 9.99. The maximum Gasteiger partial charge on any atom is 0.0672 e. The van der Waals surface area contributed by atoms with E-state index in [0.717, 1.165) is 38.8 Å². The first-order chi connectivity index (χ1) is 11.2. The van der Waals surface area contributed by atoms with Crippen molar-refractivity contribution < 1.29 is 0 Å². The predicted octanol–water partition coefficient (Wildman–Crippen LogP) is 4.51. The van der Waals surface area contributed by atoms with Crippen LogP contribution in [0.2, 0.25) is 0 Å². The Morgan fingerprint density at radius 1 is 1.04 bits per heavy atom. The van der Waals surface area contributed by atoms with Crippen molar-refractivity contribution in [2.75, 3.05) is 6.54 Å². The normalized spacial score (nSPS) is 12.5. The van der Waals surface area contributed by atoms with Crippen LogP contribution in [0.4, 0.5) is 0 Å². The van der Waals surface area contributed by atoms with E-state index in [0.29, 0.717) is 6.04 Å². The van der Waals surface area contributed by atoms with Gasteiger partial charge >= 0.3 is 0 Å². The summed E-state index contributed by atoms with van der Waals surface area (Å²) >= 11 is 0. The summed E-state index contributed by atoms with van der Waals surface area (Å²) in [4.78, 5) is 0. The number of rotatable bonds is 9. The quantitative estimate of drug-likeness (QED) is 0.738. The van der Waals surface area contributed by atoms with Crippen LogP contribution in [0.1, 0.15) is 69.1 Å². The van der Waals surface area contributed by atoms with Crippen LogP contribution >= 0.6 is 0 Å². The largest absolute Gasteiger partial charge is 0.310 e. The summed E-state index contributed by atoms with van der Waals surface area (Å²) in [6.45, 7) is 10.9. The number of hydrogen-bond donors (Lipinski definition) is 1. The molecule has 1 aromatic carbocycles. The van der Waals surface area contributed by atoms with E-state index in [-0.39, 0.29) is 0 Å². The van der Waals surface area contributed by atoms with Crippen LogP contribution in [0.3, 0.4) is 0 Å². The highest BCUT2D eigenvalue weighted by atomic mass is 15.3. The molecule has 0 aliphatic rings. The summed E-state index contributed by atoms with van der Waals surface area (Å²) < 4.78 is 2.22. The predicted molar refractivity (Wildman–Crippen MR) is 97.9 cm³/mol. The Hall–Kier alpha value is -1.61. The number of nitrogens with one attached hydrogen (secondary N) is 1. The molecule has 0 amide bonds. The zero-order chi connectivity index (χ0) is 16.7. The van der Waals surface area contributed by atoms with E-state index < -0.39 is 0 Å². The van der Waals surface area contributed by atoms with Crippen LogP contribution in [-0.2, 0) is 19.4 Å². The van der Waals surface area contributed by atoms with Gasteiger partial charge in [0, 0.05) is 17.3 Å². The second-order valence-electron chi connectivity index (χ2n) is 6.07. The highest BCUT2D eigenvalue weighted by Gasteiger charge is 2.22. The van der Waals surface area contributed by atoms with Crippen LogP contribution in [0.25, 0.3) is 0 Å². The monoisotopic (exact) mass is 313 g/mol. The van der Waals surface area contributed by atoms with Gasteiger partial charge in [0.25, 0.3) is 0 Å². The van der Waals surface area contributed by atoms with Crippen LogP contribution in [0.15, 0.2) is 30.3 Å². The highest BCUT2D eigenvalue weighted by molar-refractivity contribution is 5.31. The summed E-state index contributed by atoms with van der Waals surface area (Å²) in [5.41, 5.74) is 5.41. The maximum absolute atomic E-state index is 4.95. The molecule has 0 bridgehead atoms. The number of benzene rings is 1. The van der Waals surface area contributed by atoms with Gasteiger partial charge in [0.05, 0.1) is 12.2 Å². The lowest BCUT2D eigenvalue weighted by molar-refractivity contribution is 0.510. The van der Waals surface area contributed by atoms with Gasteiger partial charge in [0.1, 0.15) is 0 Å². The Morgan fingerprint density at radius 3 is 2.35 bits per heavy atom. The molecule has 1 unspecified atom stereocenters. The zero-order valence-electron chi connectivity index (χ0n) is 15.1. The number of aryl methyl sites for hydroxylation is 1. The third-order valence-electron chi connectivity index (χ3n) is 4.42. The first-order valence-electron chi connectivity index (χ1n) is 9.10. The lowest BCUT2D eigenvalue weighted by Gasteiger charge is -2.19. The Morgan fingerprint density at radius 2 is 1.78 bits per heavy atom. The van der Waals surface area contributed by atoms with Crippen molar-refractivity contribution in [2.24, 2.45) is 0 Å². The van der Waals surface area contributed by atoms with Crippen LogP contribution in [-0.4, -0.2) is 16.3 Å². The van der Waals surface area contributed by atoms with Crippen molar-refractivity contribution in [3.05, 3.63) is 52.8 Å². The van der Waals surface area contributed by atoms with Crippen molar-refractivity contribution in [2.45, 2.75) is 66.0 Å². The fraction of sp³-hybridized carbons (Fsp3) is 0.550. The fourth-order valence-electron chi connectivity index (χ4n) is 3.26. The highest BCUT2D eigenvalue weighted by Crippen LogP contribution is 2.27. The average molecular weight is 313 g/mol. The molecule has 1 heterocycles. The van der Waals surface area contributed by atoms with E-state index in [2.05, 4.69) is 68.0 Å². The lowest BCUT2D eigenvalue weighted by Crippen LogP contribution is -2.23. The molecule has 0 saturated carbocycles. The molecule has 0 radical (unpaired) electrons. The van der Waals surface area contributed by atoms with Crippen LogP contribution in [0, 0.1) is 0 Å². The topological polar surface area (TPSA) is 29.9 Å². The molecule has 2 rings (SSSR count). The van der Waals surface area contributed by atoms with E-state index in [4.69, 9.17) is 5.10 Å². The molecule has 1 aromatic heterocycles. The second-order valence-corrected chi connectivity index (χ2v) is 6.07. The molecule has 126 valence electrons. The molecular weight excluding hydrogens is 282 g/mol. The first kappa shape index (κ1) is 17.7. The summed E-state index contributed by atoms with van der Waals surface area (Å²) in [6.07, 6.45) is 4.29. The number of nitrogens with zero attached hydrogens (tertiary/aromatic N) is 2. The molecule has 3 heteroatoms. The summed E-state index contributed by atoms with van der Waals surface area (Å²) in [6, 6.07) is 11.0. The van der Waals surface area contributed by atoms with Gasteiger partial charge in [0.2, 0.25) is 0 Å². The Balaban J connectivity index is 2.37. The van der Waals surface area contributed by atoms with Crippen LogP contribution < -0.4 is 5.32 Å². The van der Waals surface area contributed by atoms with E-state index in [1.54, 1.807) is 0 Å². The minimum atomic E-state index is 0.421. The van der Waals surface area contributed by atoms with Gasteiger partial charge in [-0.05, 0) is 37.8 Å². The van der Waals surface area contributed by atoms with Crippen molar-refractivity contribution >= 4 is 0 Å². The SMILES string of the molecule is CCCNC(CC)c1c(CC)nn(Cc2ccccc2)c1CC. The summed E-state index contributed by atoms with van der Waals surface area (Å²) in [5, 5.41) is 8.66. The van der Waals surface area contributed by atoms with Crippen molar-refractivity contribution in [3.63, 3.8) is 0 Å². The molecule has 0 spiro atoms. The summed E-state index contributed by atoms with van der Waals surface area (Å²) in [5.74, 6) is 0. The Labute approximate surface area is 141 Å². The van der Waals surface area contributed by atoms with Gasteiger partial charge in [-0.25, -0.2) is 0 Å². The Kier molecular flexibility index (Phi) is 6.85. The zero-order valence-corrected chi connectivity index (χ0v) is 15.1. The van der Waals surface area contributed by atoms with Crippen molar-refractivity contribution in [3.8, 4) is 0 Å². The van der Waals surface area contributed by atoms with E-state index in [1.807, 2.05) is 0 Å². The average Bonchev–Trinajstić information content (AvgIpc) is 2.94. The van der Waals surface area contributed by atoms with Crippen molar-refractivity contribution in [1.29, 1.82) is 0 Å². The molecule has 1 N–H and O–H groups in total. The first-order valence-corrected chi connectivity index (χ1v) is 9.10. The molecule has 2 aromatic rings. The van der Waals surface area contributed by atoms with Gasteiger partial charge in [-0.2, -0.15) is 5.10 Å².